The van der Waals surface area contributed by atoms with Gasteiger partial charge in [0.05, 0.1) is 12.7 Å². The quantitative estimate of drug-likeness (QED) is 0.137. The molecule has 1 rings (SSSR count). The number of phosphoric ester groups is 2. The van der Waals surface area contributed by atoms with E-state index in [1.54, 1.807) is 0 Å². The Hall–Kier alpha value is -0.400. The highest BCUT2D eigenvalue weighted by molar-refractivity contribution is 7.66. The summed E-state index contributed by atoms with van der Waals surface area (Å²) in [5.41, 5.74) is 13.8. The Morgan fingerprint density at radius 1 is 1.20 bits per heavy atom. The second kappa shape index (κ2) is 8.53. The van der Waals surface area contributed by atoms with E-state index in [1.807, 2.05) is 0 Å². The number of nitrogens with two attached hydrogens (primary N) is 1. The molecule has 1 aliphatic heterocycles. The predicted molar refractivity (Wildman–Crippen MR) is 76.4 cm³/mol. The van der Waals surface area contributed by atoms with Crippen molar-refractivity contribution in [1.29, 1.82) is 0 Å². The SMILES string of the molecule is COP(=O)(O)OP(=O)(O)OP(=O)(O)OC[C@H]1O[C@@H](N)C(N=[N+]=[N-])C1O. The molecular formula is C6H15N4O12P3. The van der Waals surface area contributed by atoms with Gasteiger partial charge >= 0.3 is 23.5 Å². The second-order valence-corrected chi connectivity index (χ2v) is 9.11. The van der Waals surface area contributed by atoms with Crippen LogP contribution in [0.2, 0.25) is 0 Å². The van der Waals surface area contributed by atoms with Gasteiger partial charge in [-0.1, -0.05) is 5.11 Å². The molecule has 5 unspecified atom stereocenters. The average Bonchev–Trinajstić information content (AvgIpc) is 2.71. The number of rotatable bonds is 9. The summed E-state index contributed by atoms with van der Waals surface area (Å²) in [6, 6.07) is -1.20. The molecule has 1 saturated heterocycles. The zero-order valence-electron chi connectivity index (χ0n) is 12.3. The molecule has 0 radical (unpaired) electrons. The van der Waals surface area contributed by atoms with Crippen molar-refractivity contribution in [3.05, 3.63) is 10.4 Å². The number of azide groups is 1. The first-order valence-electron chi connectivity index (χ1n) is 6.07. The molecule has 1 fully saturated rings. The van der Waals surface area contributed by atoms with E-state index in [2.05, 4.69) is 27.7 Å². The van der Waals surface area contributed by atoms with Crippen molar-refractivity contribution in [2.45, 2.75) is 24.5 Å². The maximum Gasteiger partial charge on any atom is 0.490 e. The third kappa shape index (κ3) is 7.02. The topological polar surface area (TPSA) is 253 Å². The first kappa shape index (κ1) is 22.6. The van der Waals surface area contributed by atoms with Crippen LogP contribution in [0.4, 0.5) is 0 Å². The molecule has 146 valence electrons. The highest BCUT2D eigenvalue weighted by atomic mass is 31.3. The van der Waals surface area contributed by atoms with E-state index in [4.69, 9.17) is 25.8 Å². The second-order valence-electron chi connectivity index (χ2n) is 4.37. The molecule has 19 heteroatoms. The lowest BCUT2D eigenvalue weighted by Crippen LogP contribution is -2.35. The van der Waals surface area contributed by atoms with Crippen molar-refractivity contribution >= 4 is 23.5 Å². The molecule has 1 aliphatic rings. The van der Waals surface area contributed by atoms with Gasteiger partial charge in [0, 0.05) is 12.0 Å². The Morgan fingerprint density at radius 2 is 1.76 bits per heavy atom. The van der Waals surface area contributed by atoms with Crippen molar-refractivity contribution in [1.82, 2.24) is 0 Å². The van der Waals surface area contributed by atoms with E-state index in [0.717, 1.165) is 0 Å². The Labute approximate surface area is 139 Å². The van der Waals surface area contributed by atoms with Crippen LogP contribution in [0.25, 0.3) is 10.4 Å². The van der Waals surface area contributed by atoms with Crippen LogP contribution in [0, 0.1) is 0 Å². The van der Waals surface area contributed by atoms with Crippen molar-refractivity contribution < 1.29 is 55.9 Å². The summed E-state index contributed by atoms with van der Waals surface area (Å²) in [6.45, 7) is -0.874. The van der Waals surface area contributed by atoms with Crippen molar-refractivity contribution in [2.75, 3.05) is 13.7 Å². The molecule has 0 aliphatic carbocycles. The Balaban J connectivity index is 2.67. The van der Waals surface area contributed by atoms with Gasteiger partial charge in [0.15, 0.2) is 0 Å². The zero-order chi connectivity index (χ0) is 19.5. The number of ether oxygens (including phenoxy) is 1. The molecule has 0 aromatic rings. The lowest BCUT2D eigenvalue weighted by Gasteiger charge is -2.19. The summed E-state index contributed by atoms with van der Waals surface area (Å²) < 4.78 is 54.6. The van der Waals surface area contributed by atoms with Gasteiger partial charge in [-0.15, -0.1) is 0 Å². The minimum atomic E-state index is -5.53. The van der Waals surface area contributed by atoms with Gasteiger partial charge in [-0.2, -0.15) is 8.62 Å². The van der Waals surface area contributed by atoms with Crippen LogP contribution < -0.4 is 5.73 Å². The summed E-state index contributed by atoms with van der Waals surface area (Å²) in [7, 11) is -15.2. The molecular weight excluding hydrogens is 413 g/mol. The molecule has 0 spiro atoms. The van der Waals surface area contributed by atoms with Crippen LogP contribution in [0.5, 0.6) is 0 Å². The van der Waals surface area contributed by atoms with Crippen LogP contribution in [-0.2, 0) is 36.1 Å². The smallest absolute Gasteiger partial charge is 0.390 e. The van der Waals surface area contributed by atoms with E-state index in [0.29, 0.717) is 7.11 Å². The largest absolute Gasteiger partial charge is 0.490 e. The fourth-order valence-corrected chi connectivity index (χ4v) is 4.87. The van der Waals surface area contributed by atoms with Crippen LogP contribution >= 0.6 is 23.5 Å². The standard InChI is InChI=1S/C6H15N4O12P3/c1-18-23(12,13)21-25(16,17)22-24(14,15)19-2-3-5(11)4(9-10-8)6(7)20-3/h3-6,11H,2,7H2,1H3,(H,12,13)(H,14,15)(H,16,17)/t3-,4?,5?,6-/m1/s1. The summed E-state index contributed by atoms with van der Waals surface area (Å²) >= 11 is 0. The predicted octanol–water partition coefficient (Wildman–Crippen LogP) is -0.293. The highest BCUT2D eigenvalue weighted by Crippen LogP contribution is 2.67. The van der Waals surface area contributed by atoms with Gasteiger partial charge in [-0.3, -0.25) is 9.05 Å². The third-order valence-electron chi connectivity index (χ3n) is 2.63. The number of phosphoric acid groups is 3. The molecule has 6 N–H and O–H groups in total. The Morgan fingerprint density at radius 3 is 2.28 bits per heavy atom. The summed E-state index contributed by atoms with van der Waals surface area (Å²) in [5, 5.41) is 13.0. The minimum absolute atomic E-state index is 0.665. The lowest BCUT2D eigenvalue weighted by atomic mass is 10.1. The molecule has 16 nitrogen and oxygen atoms in total. The maximum absolute atomic E-state index is 11.6. The molecule has 7 atom stereocenters. The lowest BCUT2D eigenvalue weighted by molar-refractivity contribution is -0.0196. The summed E-state index contributed by atoms with van der Waals surface area (Å²) in [4.78, 5) is 29.8. The zero-order valence-corrected chi connectivity index (χ0v) is 15.0. The van der Waals surface area contributed by atoms with Crippen LogP contribution in [0.1, 0.15) is 0 Å². The molecule has 0 amide bonds. The van der Waals surface area contributed by atoms with Crippen LogP contribution in [0.3, 0.4) is 0 Å². The van der Waals surface area contributed by atoms with Crippen molar-refractivity contribution in [2.24, 2.45) is 10.8 Å². The molecule has 0 saturated carbocycles. The van der Waals surface area contributed by atoms with E-state index in [1.165, 1.54) is 0 Å². The minimum Gasteiger partial charge on any atom is -0.390 e. The van der Waals surface area contributed by atoms with Gasteiger partial charge in [-0.25, -0.2) is 13.7 Å². The van der Waals surface area contributed by atoms with Crippen LogP contribution in [0.15, 0.2) is 5.11 Å². The van der Waals surface area contributed by atoms with Gasteiger partial charge in [-0.05, 0) is 5.53 Å². The molecule has 0 aromatic carbocycles. The molecule has 0 bridgehead atoms. The number of aliphatic hydroxyl groups is 1. The van der Waals surface area contributed by atoms with E-state index < -0.39 is 54.6 Å². The Kier molecular flexibility index (Phi) is 7.72. The third-order valence-corrected chi connectivity index (χ3v) is 6.87. The number of hydrogen-bond donors (Lipinski definition) is 5. The molecule has 1 heterocycles. The Bertz CT molecular complexity index is 667. The average molecular weight is 428 g/mol. The fraction of sp³-hybridized carbons (Fsp3) is 1.00. The van der Waals surface area contributed by atoms with Gasteiger partial charge < -0.3 is 30.3 Å². The van der Waals surface area contributed by atoms with Crippen molar-refractivity contribution in [3.8, 4) is 0 Å². The van der Waals surface area contributed by atoms with Crippen molar-refractivity contribution in [3.63, 3.8) is 0 Å². The number of hydrogen-bond acceptors (Lipinski definition) is 11. The van der Waals surface area contributed by atoms with E-state index in [9.17, 15) is 23.7 Å². The molecule has 0 aromatic heterocycles. The van der Waals surface area contributed by atoms with E-state index >= 15 is 0 Å². The first-order valence-corrected chi connectivity index (χ1v) is 10.6. The molecule has 25 heavy (non-hydrogen) atoms. The van der Waals surface area contributed by atoms with Gasteiger partial charge in [0.1, 0.15) is 18.4 Å². The van der Waals surface area contributed by atoms with Gasteiger partial charge in [0.25, 0.3) is 0 Å². The first-order chi connectivity index (χ1) is 11.3. The van der Waals surface area contributed by atoms with Crippen LogP contribution in [-0.4, -0.2) is 58.0 Å². The number of nitrogens with zero attached hydrogens (tertiary/aromatic N) is 3. The van der Waals surface area contributed by atoms with Gasteiger partial charge in [0.2, 0.25) is 0 Å². The summed E-state index contributed by atoms with van der Waals surface area (Å²) in [5.74, 6) is 0. The highest BCUT2D eigenvalue weighted by Gasteiger charge is 2.45. The summed E-state index contributed by atoms with van der Waals surface area (Å²) in [6.07, 6.45) is -4.07. The monoisotopic (exact) mass is 428 g/mol. The maximum atomic E-state index is 11.6. The fourth-order valence-electron chi connectivity index (χ4n) is 1.61. The number of aliphatic hydroxyl groups excluding tert-OH is 1. The van der Waals surface area contributed by atoms with E-state index in [-0.39, 0.29) is 0 Å². The normalized spacial score (nSPS) is 33.7.